The van der Waals surface area contributed by atoms with Crippen LogP contribution in [0.4, 0.5) is 20.2 Å². The maximum absolute atomic E-state index is 14.0. The first kappa shape index (κ1) is 20.3. The monoisotopic (exact) mass is 398 g/mol. The number of benzene rings is 2. The van der Waals surface area contributed by atoms with Crippen molar-refractivity contribution in [1.82, 2.24) is 0 Å². The summed E-state index contributed by atoms with van der Waals surface area (Å²) >= 11 is 0. The van der Waals surface area contributed by atoms with E-state index in [2.05, 4.69) is 10.1 Å². The van der Waals surface area contributed by atoms with Crippen molar-refractivity contribution in [2.75, 3.05) is 29.5 Å². The lowest BCUT2D eigenvalue weighted by molar-refractivity contribution is -0.114. The number of halogens is 2. The summed E-state index contributed by atoms with van der Waals surface area (Å²) < 4.78 is 56.0. The SMILES string of the molecule is COC(=O)c1cccc(NC(=O)CN(c2ccc(F)cc2F)S(C)(=O)=O)c1. The van der Waals surface area contributed by atoms with Crippen LogP contribution >= 0.6 is 0 Å². The van der Waals surface area contributed by atoms with Gasteiger partial charge in [0.2, 0.25) is 15.9 Å². The predicted molar refractivity (Wildman–Crippen MR) is 95.0 cm³/mol. The summed E-state index contributed by atoms with van der Waals surface area (Å²) in [5, 5.41) is 2.42. The molecule has 0 saturated heterocycles. The highest BCUT2D eigenvalue weighted by Crippen LogP contribution is 2.22. The minimum atomic E-state index is -4.03. The van der Waals surface area contributed by atoms with Crippen LogP contribution in [0.5, 0.6) is 0 Å². The Bertz CT molecular complexity index is 979. The molecule has 0 saturated carbocycles. The first-order valence-corrected chi connectivity index (χ1v) is 9.37. The Hall–Kier alpha value is -3.01. The van der Waals surface area contributed by atoms with Crippen LogP contribution in [-0.2, 0) is 19.6 Å². The highest BCUT2D eigenvalue weighted by Gasteiger charge is 2.24. The third-order valence-corrected chi connectivity index (χ3v) is 4.56. The van der Waals surface area contributed by atoms with Crippen molar-refractivity contribution in [3.63, 3.8) is 0 Å². The molecule has 10 heteroatoms. The van der Waals surface area contributed by atoms with E-state index in [1.54, 1.807) is 0 Å². The molecule has 0 fully saturated rings. The quantitative estimate of drug-likeness (QED) is 0.753. The summed E-state index contributed by atoms with van der Waals surface area (Å²) in [5.41, 5.74) is -0.0619. The molecule has 7 nitrogen and oxygen atoms in total. The molecule has 0 aliphatic carbocycles. The molecule has 1 amide bonds. The molecule has 2 aromatic rings. The third kappa shape index (κ3) is 5.23. The average molecular weight is 398 g/mol. The smallest absolute Gasteiger partial charge is 0.337 e. The number of ether oxygens (including phenoxy) is 1. The molecule has 1 N–H and O–H groups in total. The second-order valence-electron chi connectivity index (χ2n) is 5.49. The van der Waals surface area contributed by atoms with E-state index in [0.29, 0.717) is 10.4 Å². The van der Waals surface area contributed by atoms with Gasteiger partial charge in [0, 0.05) is 11.8 Å². The van der Waals surface area contributed by atoms with Gasteiger partial charge in [-0.15, -0.1) is 0 Å². The Kier molecular flexibility index (Phi) is 6.11. The summed E-state index contributed by atoms with van der Waals surface area (Å²) in [6, 6.07) is 8.12. The number of rotatable bonds is 6. The Morgan fingerprint density at radius 2 is 1.85 bits per heavy atom. The number of sulfonamides is 1. The molecular formula is C17H16F2N2O5S. The van der Waals surface area contributed by atoms with Gasteiger partial charge in [-0.25, -0.2) is 22.0 Å². The number of nitrogens with one attached hydrogen (secondary N) is 1. The van der Waals surface area contributed by atoms with Gasteiger partial charge < -0.3 is 10.1 Å². The van der Waals surface area contributed by atoms with Gasteiger partial charge in [0.25, 0.3) is 0 Å². The van der Waals surface area contributed by atoms with Crippen molar-refractivity contribution in [2.45, 2.75) is 0 Å². The van der Waals surface area contributed by atoms with Crippen LogP contribution in [-0.4, -0.2) is 40.2 Å². The van der Waals surface area contributed by atoms with E-state index >= 15 is 0 Å². The maximum Gasteiger partial charge on any atom is 0.337 e. The number of anilines is 2. The highest BCUT2D eigenvalue weighted by molar-refractivity contribution is 7.92. The first-order chi connectivity index (χ1) is 12.6. The Morgan fingerprint density at radius 3 is 2.44 bits per heavy atom. The molecule has 0 heterocycles. The van der Waals surface area contributed by atoms with E-state index in [4.69, 9.17) is 0 Å². The van der Waals surface area contributed by atoms with Crippen LogP contribution in [0, 0.1) is 11.6 Å². The molecule has 144 valence electrons. The second-order valence-corrected chi connectivity index (χ2v) is 7.39. The third-order valence-electron chi connectivity index (χ3n) is 3.43. The fourth-order valence-electron chi connectivity index (χ4n) is 2.24. The van der Waals surface area contributed by atoms with Crippen LogP contribution in [0.25, 0.3) is 0 Å². The summed E-state index contributed by atoms with van der Waals surface area (Å²) in [4.78, 5) is 23.8. The van der Waals surface area contributed by atoms with Gasteiger partial charge in [-0.3, -0.25) is 9.10 Å². The molecule has 2 aromatic carbocycles. The van der Waals surface area contributed by atoms with Gasteiger partial charge in [-0.05, 0) is 30.3 Å². The van der Waals surface area contributed by atoms with Crippen molar-refractivity contribution in [3.05, 3.63) is 59.7 Å². The summed E-state index contributed by atoms with van der Waals surface area (Å²) in [6.07, 6.45) is 0.793. The Morgan fingerprint density at radius 1 is 1.15 bits per heavy atom. The number of nitrogens with zero attached hydrogens (tertiary/aromatic N) is 1. The molecule has 0 spiro atoms. The average Bonchev–Trinajstić information content (AvgIpc) is 2.59. The van der Waals surface area contributed by atoms with Gasteiger partial charge in [0.05, 0.1) is 24.6 Å². The van der Waals surface area contributed by atoms with Gasteiger partial charge >= 0.3 is 5.97 Å². The number of carbonyl (C=O) groups excluding carboxylic acids is 2. The zero-order valence-electron chi connectivity index (χ0n) is 14.4. The number of hydrogen-bond donors (Lipinski definition) is 1. The molecule has 2 rings (SSSR count). The molecule has 0 bridgehead atoms. The van der Waals surface area contributed by atoms with Crippen LogP contribution < -0.4 is 9.62 Å². The van der Waals surface area contributed by atoms with Crippen molar-refractivity contribution in [2.24, 2.45) is 0 Å². The summed E-state index contributed by atoms with van der Waals surface area (Å²) in [5.74, 6) is -3.40. The number of esters is 1. The summed E-state index contributed by atoms with van der Waals surface area (Å²) in [6.45, 7) is -0.746. The fourth-order valence-corrected chi connectivity index (χ4v) is 3.09. The first-order valence-electron chi connectivity index (χ1n) is 7.53. The van der Waals surface area contributed by atoms with Crippen molar-refractivity contribution >= 4 is 33.3 Å². The minimum Gasteiger partial charge on any atom is -0.465 e. The molecular weight excluding hydrogens is 382 g/mol. The Labute approximate surface area is 154 Å². The molecule has 0 aromatic heterocycles. The zero-order valence-corrected chi connectivity index (χ0v) is 15.2. The van der Waals surface area contributed by atoms with Gasteiger partial charge in [-0.2, -0.15) is 0 Å². The van der Waals surface area contributed by atoms with Crippen molar-refractivity contribution in [1.29, 1.82) is 0 Å². The molecule has 27 heavy (non-hydrogen) atoms. The van der Waals surface area contributed by atoms with Crippen LogP contribution in [0.2, 0.25) is 0 Å². The lowest BCUT2D eigenvalue weighted by atomic mass is 10.2. The van der Waals surface area contributed by atoms with E-state index in [9.17, 15) is 26.8 Å². The lowest BCUT2D eigenvalue weighted by Gasteiger charge is -2.22. The fraction of sp³-hybridized carbons (Fsp3) is 0.176. The van der Waals surface area contributed by atoms with E-state index < -0.39 is 45.8 Å². The number of amides is 1. The number of hydrogen-bond acceptors (Lipinski definition) is 5. The number of carbonyl (C=O) groups is 2. The lowest BCUT2D eigenvalue weighted by Crippen LogP contribution is -2.38. The van der Waals surface area contributed by atoms with E-state index in [1.807, 2.05) is 0 Å². The minimum absolute atomic E-state index is 0.180. The molecule has 0 unspecified atom stereocenters. The zero-order chi connectivity index (χ0) is 20.2. The topological polar surface area (TPSA) is 92.8 Å². The molecule has 0 radical (unpaired) electrons. The van der Waals surface area contributed by atoms with E-state index in [1.165, 1.54) is 31.4 Å². The van der Waals surface area contributed by atoms with E-state index in [-0.39, 0.29) is 11.3 Å². The summed E-state index contributed by atoms with van der Waals surface area (Å²) in [7, 11) is -2.83. The van der Waals surface area contributed by atoms with Crippen molar-refractivity contribution < 1.29 is 31.5 Å². The highest BCUT2D eigenvalue weighted by atomic mass is 32.2. The van der Waals surface area contributed by atoms with Crippen LogP contribution in [0.3, 0.4) is 0 Å². The molecule has 0 aliphatic heterocycles. The van der Waals surface area contributed by atoms with Crippen LogP contribution in [0.15, 0.2) is 42.5 Å². The standard InChI is InChI=1S/C17H16F2N2O5S/c1-26-17(23)11-4-3-5-13(8-11)20-16(22)10-21(27(2,24)25)15-7-6-12(18)9-14(15)19/h3-9H,10H2,1-2H3,(H,20,22). The van der Waals surface area contributed by atoms with Gasteiger partial charge in [-0.1, -0.05) is 6.07 Å². The maximum atomic E-state index is 14.0. The second kappa shape index (κ2) is 8.12. The number of methoxy groups -OCH3 is 1. The Balaban J connectivity index is 2.24. The van der Waals surface area contributed by atoms with Gasteiger partial charge in [0.1, 0.15) is 18.2 Å². The largest absolute Gasteiger partial charge is 0.465 e. The van der Waals surface area contributed by atoms with Crippen molar-refractivity contribution in [3.8, 4) is 0 Å². The van der Waals surface area contributed by atoms with Crippen LogP contribution in [0.1, 0.15) is 10.4 Å². The molecule has 0 aliphatic rings. The van der Waals surface area contributed by atoms with Gasteiger partial charge in [0.15, 0.2) is 0 Å². The normalized spacial score (nSPS) is 11.0. The predicted octanol–water partition coefficient (Wildman–Crippen LogP) is 2.16. The van der Waals surface area contributed by atoms with E-state index in [0.717, 1.165) is 18.4 Å². The molecule has 0 atom stereocenters.